The first kappa shape index (κ1) is 36.3. The van der Waals surface area contributed by atoms with Gasteiger partial charge in [-0.05, 0) is 35.8 Å². The third-order valence-electron chi connectivity index (χ3n) is 9.20. The lowest BCUT2D eigenvalue weighted by atomic mass is 9.59. The first-order valence-electron chi connectivity index (χ1n) is 16.0. The third-order valence-corrected chi connectivity index (χ3v) is 14.7. The van der Waals surface area contributed by atoms with Gasteiger partial charge in [0.15, 0.2) is 39.1 Å². The van der Waals surface area contributed by atoms with E-state index in [0.717, 1.165) is 29.0 Å². The molecular weight excluding hydrogens is 620 g/mol. The van der Waals surface area contributed by atoms with Crippen LogP contribution >= 0.6 is 7.14 Å². The van der Waals surface area contributed by atoms with Crippen LogP contribution in [0.2, 0.25) is 26.2 Å². The molecule has 10 heteroatoms. The van der Waals surface area contributed by atoms with Crippen LogP contribution in [0.3, 0.4) is 0 Å². The minimum Gasteiger partial charge on any atom is -0.400 e. The fourth-order valence-electron chi connectivity index (χ4n) is 6.52. The summed E-state index contributed by atoms with van der Waals surface area (Å²) < 4.78 is 40.4. The fraction of sp³-hybridized carbons (Fsp3) is 0.515. The van der Waals surface area contributed by atoms with Crippen molar-refractivity contribution in [1.82, 2.24) is 0 Å². The van der Waals surface area contributed by atoms with Crippen molar-refractivity contribution >= 4 is 56.8 Å². The van der Waals surface area contributed by atoms with Crippen LogP contribution in [0.1, 0.15) is 40.5 Å². The van der Waals surface area contributed by atoms with Crippen molar-refractivity contribution in [3.8, 4) is 0 Å². The number of hydrogen-bond donors (Lipinski definition) is 0. The Morgan fingerprint density at radius 1 is 0.791 bits per heavy atom. The summed E-state index contributed by atoms with van der Waals surface area (Å²) >= 11 is 0. The molecule has 1 fully saturated rings. The van der Waals surface area contributed by atoms with E-state index < -0.39 is 46.2 Å². The van der Waals surface area contributed by atoms with E-state index in [1.807, 2.05) is 60.7 Å². The average Bonchev–Trinajstić information content (AvgIpc) is 3.00. The van der Waals surface area contributed by atoms with E-state index in [4.69, 9.17) is 24.3 Å². The summed E-state index contributed by atoms with van der Waals surface area (Å²) in [7, 11) is -5.55. The van der Waals surface area contributed by atoms with E-state index >= 15 is 0 Å². The zero-order valence-corrected chi connectivity index (χ0v) is 34.4. The van der Waals surface area contributed by atoms with Gasteiger partial charge in [0.2, 0.25) is 0 Å². The molecule has 5 nitrogen and oxygen atoms in total. The summed E-state index contributed by atoms with van der Waals surface area (Å²) in [4.78, 5) is 0. The van der Waals surface area contributed by atoms with Gasteiger partial charge in [-0.3, -0.25) is 0 Å². The van der Waals surface area contributed by atoms with Crippen molar-refractivity contribution < 1.29 is 22.3 Å². The maximum Gasteiger partial charge on any atom is 0.161 e. The predicted octanol–water partition coefficient (Wildman–Crippen LogP) is 4.81. The minimum atomic E-state index is -2.91. The van der Waals surface area contributed by atoms with Gasteiger partial charge >= 0.3 is 0 Å². The van der Waals surface area contributed by atoms with Crippen LogP contribution in [-0.2, 0) is 22.3 Å². The molecule has 0 radical (unpaired) electrons. The zero-order valence-electron chi connectivity index (χ0n) is 27.8. The molecule has 0 spiro atoms. The first-order chi connectivity index (χ1) is 20.5. The SMILES string of the molecule is C=C1/C(=C\CP(=O)(c2ccccc2)c2ccccc2)CC(C(C)(C)C(O[SiH2]C)O[SiH2]C)CC1C(C)(C)C(O[SiH2]C)O[SiH2]C. The molecule has 0 N–H and O–H groups in total. The molecule has 0 heterocycles. The number of rotatable bonds is 16. The van der Waals surface area contributed by atoms with Gasteiger partial charge in [-0.25, -0.2) is 0 Å². The molecule has 2 aromatic carbocycles. The molecule has 2 atom stereocenters. The normalized spacial score (nSPS) is 21.9. The molecule has 0 aliphatic heterocycles. The van der Waals surface area contributed by atoms with Crippen molar-refractivity contribution in [1.29, 1.82) is 0 Å². The van der Waals surface area contributed by atoms with Gasteiger partial charge in [0.05, 0.1) is 0 Å². The van der Waals surface area contributed by atoms with Gasteiger partial charge in [0.25, 0.3) is 0 Å². The van der Waals surface area contributed by atoms with E-state index in [-0.39, 0.29) is 29.3 Å². The molecule has 2 aromatic rings. The zero-order chi connectivity index (χ0) is 31.7. The quantitative estimate of drug-likeness (QED) is 0.146. The lowest BCUT2D eigenvalue weighted by molar-refractivity contribution is -0.128. The summed E-state index contributed by atoms with van der Waals surface area (Å²) in [6.45, 7) is 22.6. The summed E-state index contributed by atoms with van der Waals surface area (Å²) in [5.74, 6) is 0.444. The van der Waals surface area contributed by atoms with Crippen LogP contribution in [0.5, 0.6) is 0 Å². The average molecular weight is 675 g/mol. The van der Waals surface area contributed by atoms with Crippen LogP contribution in [-0.4, -0.2) is 57.8 Å². The topological polar surface area (TPSA) is 54.0 Å². The summed E-state index contributed by atoms with van der Waals surface area (Å²) in [6.07, 6.45) is 4.09. The molecule has 1 aliphatic carbocycles. The van der Waals surface area contributed by atoms with Gasteiger partial charge in [-0.2, -0.15) is 0 Å². The Hall–Kier alpha value is -1.14. The van der Waals surface area contributed by atoms with Crippen molar-refractivity contribution in [3.63, 3.8) is 0 Å². The molecule has 1 saturated carbocycles. The predicted molar refractivity (Wildman–Crippen MR) is 195 cm³/mol. The highest BCUT2D eigenvalue weighted by atomic mass is 31.2. The molecule has 1 aliphatic rings. The minimum absolute atomic E-state index is 0.147. The lowest BCUT2D eigenvalue weighted by Crippen LogP contribution is -2.48. The maximum absolute atomic E-state index is 14.9. The molecule has 0 bridgehead atoms. The highest BCUT2D eigenvalue weighted by molar-refractivity contribution is 7.78. The molecular formula is C33H55O5PSi4. The third kappa shape index (κ3) is 8.57. The molecule has 0 amide bonds. The fourth-order valence-corrected chi connectivity index (χ4v) is 12.7. The largest absolute Gasteiger partial charge is 0.400 e. The van der Waals surface area contributed by atoms with Gasteiger partial charge in [0, 0.05) is 27.6 Å². The standard InChI is InChI=1S/C33H55O5PSi4/c1-24-25(20-21-39(34,27-16-12-10-13-17-27)28-18-14-11-15-19-28)22-26(32(2,3)30(35-40-6)36-41-7)23-29(24)33(4,5)31(37-42-8)38-43-9/h10-20,26,29-31H,1,21-23,40-43H2,2-9H3/b25-20-. The van der Waals surface area contributed by atoms with Gasteiger partial charge < -0.3 is 22.3 Å². The Kier molecular flexibility index (Phi) is 13.9. The van der Waals surface area contributed by atoms with E-state index in [1.54, 1.807) is 0 Å². The molecule has 0 saturated heterocycles. The smallest absolute Gasteiger partial charge is 0.161 e. The van der Waals surface area contributed by atoms with E-state index in [2.05, 4.69) is 60.0 Å². The lowest BCUT2D eigenvalue weighted by Gasteiger charge is -2.50. The monoisotopic (exact) mass is 674 g/mol. The second-order valence-corrected chi connectivity index (χ2v) is 19.2. The molecule has 238 valence electrons. The molecule has 0 aromatic heterocycles. The molecule has 3 rings (SSSR count). The maximum atomic E-state index is 14.9. The second-order valence-electron chi connectivity index (χ2n) is 12.7. The van der Waals surface area contributed by atoms with Crippen molar-refractivity contribution in [3.05, 3.63) is 84.5 Å². The summed E-state index contributed by atoms with van der Waals surface area (Å²) in [5, 5.41) is 1.78. The number of allylic oxidation sites excluding steroid dienone is 3. The van der Waals surface area contributed by atoms with E-state index in [0.29, 0.717) is 12.1 Å². The van der Waals surface area contributed by atoms with Crippen LogP contribution in [0, 0.1) is 22.7 Å². The van der Waals surface area contributed by atoms with Gasteiger partial charge in [-0.1, -0.05) is 127 Å². The molecule has 43 heavy (non-hydrogen) atoms. The Balaban J connectivity index is 2.11. The Morgan fingerprint density at radius 2 is 1.21 bits per heavy atom. The number of hydrogen-bond acceptors (Lipinski definition) is 5. The van der Waals surface area contributed by atoms with Crippen molar-refractivity contribution in [2.75, 3.05) is 6.16 Å². The summed E-state index contributed by atoms with van der Waals surface area (Å²) in [6, 6.07) is 19.9. The Morgan fingerprint density at radius 3 is 1.63 bits per heavy atom. The van der Waals surface area contributed by atoms with Crippen molar-refractivity contribution in [2.24, 2.45) is 22.7 Å². The van der Waals surface area contributed by atoms with Crippen LogP contribution in [0.4, 0.5) is 0 Å². The Bertz CT molecular complexity index is 1180. The van der Waals surface area contributed by atoms with Gasteiger partial charge in [0.1, 0.15) is 19.7 Å². The van der Waals surface area contributed by atoms with Gasteiger partial charge in [-0.15, -0.1) is 0 Å². The van der Waals surface area contributed by atoms with Crippen LogP contribution in [0.15, 0.2) is 84.5 Å². The van der Waals surface area contributed by atoms with Crippen LogP contribution < -0.4 is 10.6 Å². The molecule has 2 unspecified atom stereocenters. The first-order valence-corrected chi connectivity index (χ1v) is 25.9. The highest BCUT2D eigenvalue weighted by Gasteiger charge is 2.48. The van der Waals surface area contributed by atoms with E-state index in [9.17, 15) is 4.57 Å². The number of benzene rings is 2. The van der Waals surface area contributed by atoms with Crippen LogP contribution in [0.25, 0.3) is 0 Å². The summed E-state index contributed by atoms with van der Waals surface area (Å²) in [5.41, 5.74) is 1.87. The van der Waals surface area contributed by atoms with Crippen molar-refractivity contribution in [2.45, 2.75) is 79.3 Å². The highest BCUT2D eigenvalue weighted by Crippen LogP contribution is 2.54. The Labute approximate surface area is 270 Å². The van der Waals surface area contributed by atoms with E-state index in [1.165, 1.54) is 5.57 Å². The second kappa shape index (κ2) is 16.4.